The van der Waals surface area contributed by atoms with Crippen LogP contribution in [-0.2, 0) is 4.74 Å². The maximum absolute atomic E-state index is 11.8. The first kappa shape index (κ1) is 11.1. The highest BCUT2D eigenvalue weighted by atomic mass is 35.5. The van der Waals surface area contributed by atoms with E-state index in [1.54, 1.807) is 24.3 Å². The minimum atomic E-state index is -0.265. The number of benzene rings is 1. The van der Waals surface area contributed by atoms with Crippen molar-refractivity contribution in [3.8, 4) is 0 Å². The highest BCUT2D eigenvalue weighted by Gasteiger charge is 2.34. The zero-order valence-electron chi connectivity index (χ0n) is 8.48. The third-order valence-electron chi connectivity index (χ3n) is 2.41. The molecule has 16 heavy (non-hydrogen) atoms. The molecule has 0 unspecified atom stereocenters. The van der Waals surface area contributed by atoms with Gasteiger partial charge in [0.25, 0.3) is 11.8 Å². The van der Waals surface area contributed by atoms with Gasteiger partial charge in [0.05, 0.1) is 24.3 Å². The van der Waals surface area contributed by atoms with Gasteiger partial charge in [-0.3, -0.25) is 14.5 Å². The fourth-order valence-electron chi connectivity index (χ4n) is 1.65. The van der Waals surface area contributed by atoms with Crippen molar-refractivity contribution < 1.29 is 14.3 Å². The molecule has 1 aliphatic heterocycles. The van der Waals surface area contributed by atoms with E-state index in [4.69, 9.17) is 16.3 Å². The van der Waals surface area contributed by atoms with Crippen molar-refractivity contribution in [1.82, 2.24) is 4.90 Å². The second-order valence-corrected chi connectivity index (χ2v) is 3.54. The molecule has 0 fully saturated rings. The van der Waals surface area contributed by atoms with E-state index in [1.807, 2.05) is 0 Å². The Morgan fingerprint density at radius 2 is 1.69 bits per heavy atom. The van der Waals surface area contributed by atoms with E-state index in [2.05, 4.69) is 0 Å². The topological polar surface area (TPSA) is 46.6 Å². The molecule has 0 saturated heterocycles. The Hall–Kier alpha value is -1.39. The number of fused-ring (bicyclic) bond motifs is 1. The van der Waals surface area contributed by atoms with E-state index >= 15 is 0 Å². The van der Waals surface area contributed by atoms with Crippen LogP contribution in [0.15, 0.2) is 24.3 Å². The lowest BCUT2D eigenvalue weighted by molar-refractivity contribution is 0.0594. The van der Waals surface area contributed by atoms with E-state index in [9.17, 15) is 9.59 Å². The molecule has 84 valence electrons. The Kier molecular flexibility index (Phi) is 3.22. The smallest absolute Gasteiger partial charge is 0.261 e. The van der Waals surface area contributed by atoms with Crippen LogP contribution in [0.25, 0.3) is 0 Å². The van der Waals surface area contributed by atoms with Gasteiger partial charge < -0.3 is 4.74 Å². The van der Waals surface area contributed by atoms with Crippen molar-refractivity contribution in [2.45, 2.75) is 0 Å². The fourth-order valence-corrected chi connectivity index (χ4v) is 1.76. The average Bonchev–Trinajstić information content (AvgIpc) is 2.55. The number of carbonyl (C=O) groups excluding carboxylic acids is 2. The molecule has 0 spiro atoms. The molecule has 0 N–H and O–H groups in total. The number of hydrogen-bond donors (Lipinski definition) is 0. The summed E-state index contributed by atoms with van der Waals surface area (Å²) in [6.45, 7) is 0.494. The molecule has 2 amide bonds. The zero-order valence-corrected chi connectivity index (χ0v) is 9.24. The number of imide groups is 1. The van der Waals surface area contributed by atoms with Gasteiger partial charge >= 0.3 is 0 Å². The Labute approximate surface area is 97.7 Å². The first-order valence-corrected chi connectivity index (χ1v) is 5.38. The lowest BCUT2D eigenvalue weighted by Crippen LogP contribution is -2.32. The number of carbonyl (C=O) groups is 2. The van der Waals surface area contributed by atoms with Crippen LogP contribution in [0.3, 0.4) is 0 Å². The molecule has 5 heteroatoms. The number of hydrogen-bond acceptors (Lipinski definition) is 3. The standard InChI is InChI=1S/C11H10ClNO3/c12-7-16-6-5-13-10(14)8-3-1-2-4-9(8)11(13)15/h1-4H,5-7H2. The van der Waals surface area contributed by atoms with E-state index in [0.717, 1.165) is 0 Å². The number of alkyl halides is 1. The summed E-state index contributed by atoms with van der Waals surface area (Å²) in [7, 11) is 0. The Morgan fingerprint density at radius 3 is 2.19 bits per heavy atom. The Balaban J connectivity index is 2.15. The molecule has 0 atom stereocenters. The number of rotatable bonds is 4. The third-order valence-corrected chi connectivity index (χ3v) is 2.57. The number of ether oxygens (including phenoxy) is 1. The van der Waals surface area contributed by atoms with Gasteiger partial charge in [-0.25, -0.2) is 0 Å². The van der Waals surface area contributed by atoms with Gasteiger partial charge in [0.1, 0.15) is 6.07 Å². The molecule has 0 aliphatic carbocycles. The van der Waals surface area contributed by atoms with Crippen LogP contribution in [0.4, 0.5) is 0 Å². The summed E-state index contributed by atoms with van der Waals surface area (Å²) >= 11 is 5.34. The molecule has 0 radical (unpaired) electrons. The zero-order chi connectivity index (χ0) is 11.5. The molecule has 1 aromatic carbocycles. The normalized spacial score (nSPS) is 14.4. The van der Waals surface area contributed by atoms with E-state index in [1.165, 1.54) is 4.90 Å². The van der Waals surface area contributed by atoms with Gasteiger partial charge in [-0.1, -0.05) is 23.7 Å². The van der Waals surface area contributed by atoms with Crippen LogP contribution < -0.4 is 0 Å². The van der Waals surface area contributed by atoms with E-state index < -0.39 is 0 Å². The van der Waals surface area contributed by atoms with Crippen LogP contribution in [0.5, 0.6) is 0 Å². The Morgan fingerprint density at radius 1 is 1.12 bits per heavy atom. The average molecular weight is 240 g/mol. The second-order valence-electron chi connectivity index (χ2n) is 3.32. The molecule has 4 nitrogen and oxygen atoms in total. The van der Waals surface area contributed by atoms with Crippen molar-refractivity contribution in [2.75, 3.05) is 19.2 Å². The highest BCUT2D eigenvalue weighted by molar-refractivity contribution is 6.21. The van der Waals surface area contributed by atoms with Gasteiger partial charge in [0.15, 0.2) is 0 Å². The highest BCUT2D eigenvalue weighted by Crippen LogP contribution is 2.21. The van der Waals surface area contributed by atoms with Gasteiger partial charge in [0.2, 0.25) is 0 Å². The maximum Gasteiger partial charge on any atom is 0.261 e. The van der Waals surface area contributed by atoms with Gasteiger partial charge in [-0.05, 0) is 12.1 Å². The minimum absolute atomic E-state index is 0.0587. The van der Waals surface area contributed by atoms with Crippen LogP contribution in [0.2, 0.25) is 0 Å². The largest absolute Gasteiger partial charge is 0.364 e. The molecule has 1 aromatic rings. The van der Waals surface area contributed by atoms with Crippen molar-refractivity contribution in [2.24, 2.45) is 0 Å². The monoisotopic (exact) mass is 239 g/mol. The Bertz CT molecular complexity index is 398. The molecule has 0 saturated carbocycles. The van der Waals surface area contributed by atoms with Crippen molar-refractivity contribution >= 4 is 23.4 Å². The summed E-state index contributed by atoms with van der Waals surface area (Å²) in [6.07, 6.45) is 0. The summed E-state index contributed by atoms with van der Waals surface area (Å²) < 4.78 is 4.91. The molecule has 1 aliphatic rings. The SMILES string of the molecule is O=C1c2ccccc2C(=O)N1CCOCCl. The predicted octanol–water partition coefficient (Wildman–Crippen LogP) is 1.50. The first-order valence-electron chi connectivity index (χ1n) is 4.84. The second kappa shape index (κ2) is 4.63. The molecule has 1 heterocycles. The minimum Gasteiger partial charge on any atom is -0.364 e. The first-order chi connectivity index (χ1) is 7.75. The number of amides is 2. The predicted molar refractivity (Wildman–Crippen MR) is 58.5 cm³/mol. The summed E-state index contributed by atoms with van der Waals surface area (Å²) in [6, 6.07) is 6.84. The van der Waals surface area contributed by atoms with Crippen LogP contribution in [-0.4, -0.2) is 35.9 Å². The number of halogens is 1. The van der Waals surface area contributed by atoms with Crippen molar-refractivity contribution in [3.05, 3.63) is 35.4 Å². The lowest BCUT2D eigenvalue weighted by atomic mass is 10.1. The molecule has 0 aromatic heterocycles. The van der Waals surface area contributed by atoms with Gasteiger partial charge in [-0.2, -0.15) is 0 Å². The lowest BCUT2D eigenvalue weighted by Gasteiger charge is -2.12. The summed E-state index contributed by atoms with van der Waals surface area (Å²) in [5, 5.41) is 0. The van der Waals surface area contributed by atoms with Crippen molar-refractivity contribution in [3.63, 3.8) is 0 Å². The van der Waals surface area contributed by atoms with E-state index in [-0.39, 0.29) is 31.0 Å². The van der Waals surface area contributed by atoms with Crippen molar-refractivity contribution in [1.29, 1.82) is 0 Å². The number of nitrogens with zero attached hydrogens (tertiary/aromatic N) is 1. The van der Waals surface area contributed by atoms with Crippen LogP contribution >= 0.6 is 11.6 Å². The molecular formula is C11H10ClNO3. The molecule has 0 bridgehead atoms. The van der Waals surface area contributed by atoms with Crippen LogP contribution in [0.1, 0.15) is 20.7 Å². The fraction of sp³-hybridized carbons (Fsp3) is 0.273. The molecular weight excluding hydrogens is 230 g/mol. The summed E-state index contributed by atoms with van der Waals surface area (Å²) in [5.41, 5.74) is 0.914. The van der Waals surface area contributed by atoms with Crippen LogP contribution in [0, 0.1) is 0 Å². The van der Waals surface area contributed by atoms with Gasteiger partial charge in [-0.15, -0.1) is 0 Å². The summed E-state index contributed by atoms with van der Waals surface area (Å²) in [5.74, 6) is -0.530. The maximum atomic E-state index is 11.8. The van der Waals surface area contributed by atoms with E-state index in [0.29, 0.717) is 11.1 Å². The molecule has 2 rings (SSSR count). The quantitative estimate of drug-likeness (QED) is 0.454. The summed E-state index contributed by atoms with van der Waals surface area (Å²) in [4.78, 5) is 24.8. The third kappa shape index (κ3) is 1.81. The van der Waals surface area contributed by atoms with Gasteiger partial charge in [0, 0.05) is 0 Å².